The molecule has 0 N–H and O–H groups in total. The van der Waals surface area contributed by atoms with Gasteiger partial charge >= 0.3 is 0 Å². The van der Waals surface area contributed by atoms with Crippen molar-refractivity contribution in [3.8, 4) is 11.1 Å². The van der Waals surface area contributed by atoms with E-state index in [1.165, 1.54) is 31.5 Å². The van der Waals surface area contributed by atoms with E-state index in [1.807, 2.05) is 18.2 Å². The number of benzene rings is 1. The molecule has 3 aromatic rings. The Labute approximate surface area is 149 Å². The van der Waals surface area contributed by atoms with E-state index < -0.39 is 11.9 Å². The Balaban J connectivity index is 1.56. The number of rotatable bonds is 4. The minimum absolute atomic E-state index is 0.309. The molecule has 25 heavy (non-hydrogen) atoms. The van der Waals surface area contributed by atoms with Crippen molar-refractivity contribution in [3.63, 3.8) is 0 Å². The van der Waals surface area contributed by atoms with Crippen molar-refractivity contribution < 1.29 is 8.78 Å². The molecule has 3 heterocycles. The maximum absolute atomic E-state index is 13.9. The van der Waals surface area contributed by atoms with Crippen LogP contribution in [-0.2, 0) is 6.42 Å². The van der Waals surface area contributed by atoms with Gasteiger partial charge in [-0.05, 0) is 56.1 Å². The van der Waals surface area contributed by atoms with Gasteiger partial charge in [0.25, 0.3) is 0 Å². The maximum atomic E-state index is 13.9. The lowest BCUT2D eigenvalue weighted by molar-refractivity contribution is 0.272. The van der Waals surface area contributed by atoms with E-state index in [0.717, 1.165) is 28.2 Å². The van der Waals surface area contributed by atoms with Crippen LogP contribution in [0.5, 0.6) is 0 Å². The molecule has 1 aliphatic heterocycles. The van der Waals surface area contributed by atoms with E-state index in [0.29, 0.717) is 17.2 Å². The number of halogens is 2. The molecule has 0 aliphatic carbocycles. The monoisotopic (exact) mass is 359 g/mol. The standard InChI is InChI=1S/C19H19F2N3S/c1-12-3-2-9-24(12)10-8-18-22-15-6-4-13(11-16(15)25-18)14-5-7-17(20)23-19(14)21/h4-7,11-12H,2-3,8-10H2,1H3. The average molecular weight is 359 g/mol. The minimum Gasteiger partial charge on any atom is -0.300 e. The van der Waals surface area contributed by atoms with Gasteiger partial charge in [-0.2, -0.15) is 13.8 Å². The van der Waals surface area contributed by atoms with Crippen LogP contribution in [0.25, 0.3) is 21.3 Å². The van der Waals surface area contributed by atoms with Crippen molar-refractivity contribution in [1.82, 2.24) is 14.9 Å². The van der Waals surface area contributed by atoms with Gasteiger partial charge in [-0.1, -0.05) is 6.07 Å². The topological polar surface area (TPSA) is 29.0 Å². The number of fused-ring (bicyclic) bond motifs is 1. The number of thiazole rings is 1. The Kier molecular flexibility index (Phi) is 4.48. The summed E-state index contributed by atoms with van der Waals surface area (Å²) in [5.41, 5.74) is 1.93. The number of hydrogen-bond acceptors (Lipinski definition) is 4. The Bertz CT molecular complexity index is 909. The highest BCUT2D eigenvalue weighted by Gasteiger charge is 2.20. The largest absolute Gasteiger partial charge is 0.300 e. The van der Waals surface area contributed by atoms with Crippen LogP contribution in [0, 0.1) is 11.9 Å². The molecule has 6 heteroatoms. The molecule has 4 rings (SSSR count). The second-order valence-electron chi connectivity index (χ2n) is 6.54. The van der Waals surface area contributed by atoms with Gasteiger partial charge < -0.3 is 4.90 Å². The minimum atomic E-state index is -0.807. The third-order valence-corrected chi connectivity index (χ3v) is 5.94. The summed E-state index contributed by atoms with van der Waals surface area (Å²) in [6.07, 6.45) is 3.49. The number of likely N-dealkylation sites (tertiary alicyclic amines) is 1. The highest BCUT2D eigenvalue weighted by molar-refractivity contribution is 7.18. The van der Waals surface area contributed by atoms with Crippen molar-refractivity contribution >= 4 is 21.6 Å². The molecular formula is C19H19F2N3S. The fourth-order valence-corrected chi connectivity index (χ4v) is 4.43. The van der Waals surface area contributed by atoms with E-state index >= 15 is 0 Å². The van der Waals surface area contributed by atoms with Crippen LogP contribution in [0.1, 0.15) is 24.8 Å². The molecule has 2 aromatic heterocycles. The molecule has 130 valence electrons. The van der Waals surface area contributed by atoms with E-state index in [4.69, 9.17) is 4.98 Å². The normalized spacial score (nSPS) is 18.3. The molecule has 1 unspecified atom stereocenters. The molecule has 3 nitrogen and oxygen atoms in total. The van der Waals surface area contributed by atoms with E-state index in [1.54, 1.807) is 11.3 Å². The zero-order valence-electron chi connectivity index (χ0n) is 14.0. The number of aromatic nitrogens is 2. The van der Waals surface area contributed by atoms with E-state index in [2.05, 4.69) is 16.8 Å². The summed E-state index contributed by atoms with van der Waals surface area (Å²) in [6.45, 7) is 4.49. The zero-order chi connectivity index (χ0) is 17.4. The van der Waals surface area contributed by atoms with Crippen LogP contribution in [0.3, 0.4) is 0 Å². The van der Waals surface area contributed by atoms with Gasteiger partial charge in [0, 0.05) is 24.6 Å². The number of pyridine rings is 1. The average Bonchev–Trinajstić information content (AvgIpc) is 3.17. The van der Waals surface area contributed by atoms with Gasteiger partial charge in [0.1, 0.15) is 0 Å². The smallest absolute Gasteiger partial charge is 0.223 e. The first-order chi connectivity index (χ1) is 12.1. The van der Waals surface area contributed by atoms with Crippen LogP contribution in [0.4, 0.5) is 8.78 Å². The van der Waals surface area contributed by atoms with Crippen LogP contribution in [-0.4, -0.2) is 34.0 Å². The lowest BCUT2D eigenvalue weighted by atomic mass is 10.1. The summed E-state index contributed by atoms with van der Waals surface area (Å²) in [5, 5.41) is 1.10. The third-order valence-electron chi connectivity index (χ3n) is 4.86. The molecule has 1 fully saturated rings. The highest BCUT2D eigenvalue weighted by atomic mass is 32.1. The summed E-state index contributed by atoms with van der Waals surface area (Å²) in [6, 6.07) is 8.88. The first-order valence-electron chi connectivity index (χ1n) is 8.56. The molecule has 1 aromatic carbocycles. The van der Waals surface area contributed by atoms with Crippen molar-refractivity contribution in [2.45, 2.75) is 32.2 Å². The lowest BCUT2D eigenvalue weighted by Gasteiger charge is -2.19. The second kappa shape index (κ2) is 6.77. The van der Waals surface area contributed by atoms with Gasteiger partial charge in [-0.25, -0.2) is 4.98 Å². The Morgan fingerprint density at radius 3 is 2.84 bits per heavy atom. The molecule has 0 spiro atoms. The van der Waals surface area contributed by atoms with Crippen LogP contribution >= 0.6 is 11.3 Å². The van der Waals surface area contributed by atoms with E-state index in [-0.39, 0.29) is 0 Å². The highest BCUT2D eigenvalue weighted by Crippen LogP contribution is 2.30. The first kappa shape index (κ1) is 16.5. The van der Waals surface area contributed by atoms with Gasteiger partial charge in [0.2, 0.25) is 11.9 Å². The lowest BCUT2D eigenvalue weighted by Crippen LogP contribution is -2.28. The summed E-state index contributed by atoms with van der Waals surface area (Å²) < 4.78 is 27.9. The molecule has 0 saturated carbocycles. The zero-order valence-corrected chi connectivity index (χ0v) is 14.8. The summed E-state index contributed by atoms with van der Waals surface area (Å²) in [4.78, 5) is 10.5. The summed E-state index contributed by atoms with van der Waals surface area (Å²) >= 11 is 1.65. The molecule has 0 bridgehead atoms. The molecule has 1 aliphatic rings. The van der Waals surface area contributed by atoms with Crippen LogP contribution in [0.15, 0.2) is 30.3 Å². The summed E-state index contributed by atoms with van der Waals surface area (Å²) in [5.74, 6) is -1.59. The fourth-order valence-electron chi connectivity index (χ4n) is 3.44. The van der Waals surface area contributed by atoms with E-state index in [9.17, 15) is 8.78 Å². The molecule has 1 saturated heterocycles. The summed E-state index contributed by atoms with van der Waals surface area (Å²) in [7, 11) is 0. The predicted octanol–water partition coefficient (Wildman–Crippen LogP) is 4.66. The predicted molar refractivity (Wildman–Crippen MR) is 96.7 cm³/mol. The number of hydrogen-bond donors (Lipinski definition) is 0. The van der Waals surface area contributed by atoms with Crippen LogP contribution < -0.4 is 0 Å². The second-order valence-corrected chi connectivity index (χ2v) is 7.65. The van der Waals surface area contributed by atoms with Gasteiger partial charge in [0.15, 0.2) is 0 Å². The van der Waals surface area contributed by atoms with Gasteiger partial charge in [-0.15, -0.1) is 11.3 Å². The first-order valence-corrected chi connectivity index (χ1v) is 9.38. The van der Waals surface area contributed by atoms with Crippen molar-refractivity contribution in [2.75, 3.05) is 13.1 Å². The fraction of sp³-hybridized carbons (Fsp3) is 0.368. The SMILES string of the molecule is CC1CCCN1CCc1nc2ccc(-c3ccc(F)nc3F)cc2s1. The maximum Gasteiger partial charge on any atom is 0.223 e. The van der Waals surface area contributed by atoms with Crippen LogP contribution in [0.2, 0.25) is 0 Å². The van der Waals surface area contributed by atoms with Crippen molar-refractivity contribution in [1.29, 1.82) is 0 Å². The molecule has 1 atom stereocenters. The van der Waals surface area contributed by atoms with Gasteiger partial charge in [0.05, 0.1) is 15.2 Å². The molecule has 0 radical (unpaired) electrons. The third kappa shape index (κ3) is 3.41. The van der Waals surface area contributed by atoms with Crippen molar-refractivity contribution in [2.24, 2.45) is 0 Å². The molecular weight excluding hydrogens is 340 g/mol. The van der Waals surface area contributed by atoms with Gasteiger partial charge in [-0.3, -0.25) is 0 Å². The molecule has 0 amide bonds. The Morgan fingerprint density at radius 2 is 2.08 bits per heavy atom. The Hall–Kier alpha value is -1.92. The Morgan fingerprint density at radius 1 is 1.20 bits per heavy atom. The van der Waals surface area contributed by atoms with Crippen molar-refractivity contribution in [3.05, 3.63) is 47.2 Å². The number of nitrogens with zero attached hydrogens (tertiary/aromatic N) is 3. The quantitative estimate of drug-likeness (QED) is 0.634.